The summed E-state index contributed by atoms with van der Waals surface area (Å²) < 4.78 is 1.14. The lowest BCUT2D eigenvalue weighted by molar-refractivity contribution is 0.877. The summed E-state index contributed by atoms with van der Waals surface area (Å²) in [5, 5.41) is 3.65. The number of rotatable bonds is 3. The smallest absolute Gasteiger partial charge is 0.0485 e. The Kier molecular flexibility index (Phi) is 4.54. The van der Waals surface area contributed by atoms with Crippen LogP contribution in [-0.2, 0) is 0 Å². The second-order valence-electron chi connectivity index (χ2n) is 5.62. The van der Waals surface area contributed by atoms with E-state index in [9.17, 15) is 0 Å². The quantitative estimate of drug-likeness (QED) is 0.743. The highest BCUT2D eigenvalue weighted by atomic mass is 79.9. The molecule has 0 bridgehead atoms. The van der Waals surface area contributed by atoms with Gasteiger partial charge in [-0.25, -0.2) is 0 Å². The molecule has 0 spiro atoms. The summed E-state index contributed by atoms with van der Waals surface area (Å²) in [6.45, 7) is 10.8. The molecule has 20 heavy (non-hydrogen) atoms. The van der Waals surface area contributed by atoms with Crippen molar-refractivity contribution in [2.24, 2.45) is 0 Å². The van der Waals surface area contributed by atoms with Gasteiger partial charge in [0.2, 0.25) is 0 Å². The van der Waals surface area contributed by atoms with Crippen molar-refractivity contribution in [3.63, 3.8) is 0 Å². The van der Waals surface area contributed by atoms with E-state index in [4.69, 9.17) is 0 Å². The van der Waals surface area contributed by atoms with Crippen molar-refractivity contribution in [2.45, 2.75) is 40.7 Å². The van der Waals surface area contributed by atoms with Gasteiger partial charge in [-0.05, 0) is 74.6 Å². The molecule has 1 N–H and O–H groups in total. The van der Waals surface area contributed by atoms with Gasteiger partial charge in [-0.3, -0.25) is 0 Å². The Morgan fingerprint density at radius 3 is 2.00 bits per heavy atom. The molecule has 0 aliphatic heterocycles. The normalized spacial score (nSPS) is 12.3. The number of aryl methyl sites for hydroxylation is 4. The molecule has 0 aromatic heterocycles. The molecule has 0 heterocycles. The van der Waals surface area contributed by atoms with Gasteiger partial charge in [0.25, 0.3) is 0 Å². The molecular formula is C18H22BrN. The summed E-state index contributed by atoms with van der Waals surface area (Å²) in [5.74, 6) is 0. The van der Waals surface area contributed by atoms with E-state index in [0.29, 0.717) is 6.04 Å². The zero-order valence-electron chi connectivity index (χ0n) is 12.8. The lowest BCUT2D eigenvalue weighted by atomic mass is 10.0. The summed E-state index contributed by atoms with van der Waals surface area (Å²) in [4.78, 5) is 0. The fourth-order valence-corrected chi connectivity index (χ4v) is 3.16. The first-order valence-corrected chi connectivity index (χ1v) is 7.78. The maximum atomic E-state index is 3.65. The summed E-state index contributed by atoms with van der Waals surface area (Å²) in [6.07, 6.45) is 0. The highest BCUT2D eigenvalue weighted by Gasteiger charge is 2.10. The van der Waals surface area contributed by atoms with Gasteiger partial charge < -0.3 is 5.32 Å². The fraction of sp³-hybridized carbons (Fsp3) is 0.333. The summed E-state index contributed by atoms with van der Waals surface area (Å²) >= 11 is 3.55. The Morgan fingerprint density at radius 1 is 0.850 bits per heavy atom. The SMILES string of the molecule is Cc1ccc(C(C)Nc2c(C)cc(Br)cc2C)cc1C. The number of hydrogen-bond acceptors (Lipinski definition) is 1. The molecular weight excluding hydrogens is 310 g/mol. The van der Waals surface area contributed by atoms with Gasteiger partial charge in [0, 0.05) is 16.2 Å². The van der Waals surface area contributed by atoms with Crippen LogP contribution in [0.4, 0.5) is 5.69 Å². The minimum atomic E-state index is 0.299. The molecule has 0 saturated carbocycles. The highest BCUT2D eigenvalue weighted by Crippen LogP contribution is 2.29. The zero-order valence-corrected chi connectivity index (χ0v) is 14.4. The van der Waals surface area contributed by atoms with E-state index >= 15 is 0 Å². The molecule has 0 aliphatic carbocycles. The predicted octanol–water partition coefficient (Wildman–Crippen LogP) is 5.86. The summed E-state index contributed by atoms with van der Waals surface area (Å²) in [6, 6.07) is 11.3. The molecule has 0 radical (unpaired) electrons. The summed E-state index contributed by atoms with van der Waals surface area (Å²) in [7, 11) is 0. The average Bonchev–Trinajstić information content (AvgIpc) is 2.36. The van der Waals surface area contributed by atoms with Crippen LogP contribution in [0.5, 0.6) is 0 Å². The first kappa shape index (κ1) is 15.1. The predicted molar refractivity (Wildman–Crippen MR) is 91.6 cm³/mol. The van der Waals surface area contributed by atoms with Gasteiger partial charge in [0.05, 0.1) is 0 Å². The summed E-state index contributed by atoms with van der Waals surface area (Å²) in [5.41, 5.74) is 7.80. The molecule has 1 nitrogen and oxygen atoms in total. The van der Waals surface area contributed by atoms with Gasteiger partial charge in [-0.15, -0.1) is 0 Å². The largest absolute Gasteiger partial charge is 0.378 e. The van der Waals surface area contributed by atoms with Crippen molar-refractivity contribution in [2.75, 3.05) is 5.32 Å². The third-order valence-corrected chi connectivity index (χ3v) is 4.35. The Hall–Kier alpha value is -1.28. The van der Waals surface area contributed by atoms with Crippen LogP contribution in [0.15, 0.2) is 34.8 Å². The monoisotopic (exact) mass is 331 g/mol. The third-order valence-electron chi connectivity index (χ3n) is 3.89. The molecule has 0 fully saturated rings. The maximum absolute atomic E-state index is 3.65. The van der Waals surface area contributed by atoms with Gasteiger partial charge in [-0.2, -0.15) is 0 Å². The van der Waals surface area contributed by atoms with E-state index in [2.05, 4.69) is 86.2 Å². The van der Waals surface area contributed by atoms with Crippen LogP contribution in [0.1, 0.15) is 40.8 Å². The zero-order chi connectivity index (χ0) is 14.9. The van der Waals surface area contributed by atoms with Crippen molar-refractivity contribution in [1.82, 2.24) is 0 Å². The maximum Gasteiger partial charge on any atom is 0.0485 e. The van der Waals surface area contributed by atoms with Crippen LogP contribution < -0.4 is 5.32 Å². The molecule has 2 aromatic carbocycles. The lowest BCUT2D eigenvalue weighted by Crippen LogP contribution is -2.09. The molecule has 2 aromatic rings. The van der Waals surface area contributed by atoms with Crippen molar-refractivity contribution < 1.29 is 0 Å². The van der Waals surface area contributed by atoms with Crippen LogP contribution >= 0.6 is 15.9 Å². The minimum absolute atomic E-state index is 0.299. The van der Waals surface area contributed by atoms with Crippen molar-refractivity contribution >= 4 is 21.6 Å². The molecule has 2 rings (SSSR count). The van der Waals surface area contributed by atoms with E-state index < -0.39 is 0 Å². The van der Waals surface area contributed by atoms with Gasteiger partial charge in [-0.1, -0.05) is 34.1 Å². The first-order valence-electron chi connectivity index (χ1n) is 6.99. The van der Waals surface area contributed by atoms with Gasteiger partial charge >= 0.3 is 0 Å². The number of nitrogens with one attached hydrogen (secondary N) is 1. The highest BCUT2D eigenvalue weighted by molar-refractivity contribution is 9.10. The second kappa shape index (κ2) is 6.01. The van der Waals surface area contributed by atoms with Crippen molar-refractivity contribution in [3.05, 3.63) is 62.6 Å². The van der Waals surface area contributed by atoms with Crippen LogP contribution in [-0.4, -0.2) is 0 Å². The standard InChI is InChI=1S/C18H22BrN/c1-11-6-7-16(8-12(11)2)15(5)20-18-13(3)9-17(19)10-14(18)4/h6-10,15,20H,1-5H3. The Balaban J connectivity index is 2.27. The molecule has 0 amide bonds. The number of anilines is 1. The molecule has 0 aliphatic rings. The minimum Gasteiger partial charge on any atom is -0.378 e. The van der Waals surface area contributed by atoms with Crippen LogP contribution in [0.3, 0.4) is 0 Å². The van der Waals surface area contributed by atoms with Crippen LogP contribution in [0.25, 0.3) is 0 Å². The lowest BCUT2D eigenvalue weighted by Gasteiger charge is -2.20. The van der Waals surface area contributed by atoms with Crippen molar-refractivity contribution in [3.8, 4) is 0 Å². The average molecular weight is 332 g/mol. The van der Waals surface area contributed by atoms with Crippen LogP contribution in [0, 0.1) is 27.7 Å². The topological polar surface area (TPSA) is 12.0 Å². The van der Waals surface area contributed by atoms with E-state index in [0.717, 1.165) is 4.47 Å². The van der Waals surface area contributed by atoms with E-state index in [1.165, 1.54) is 33.5 Å². The number of benzene rings is 2. The fourth-order valence-electron chi connectivity index (χ4n) is 2.47. The number of hydrogen-bond donors (Lipinski definition) is 1. The first-order chi connectivity index (χ1) is 9.38. The van der Waals surface area contributed by atoms with Crippen molar-refractivity contribution in [1.29, 1.82) is 0 Å². The molecule has 1 atom stereocenters. The Bertz CT molecular complexity index is 608. The van der Waals surface area contributed by atoms with E-state index in [1.807, 2.05) is 0 Å². The number of halogens is 1. The Labute approximate surface area is 130 Å². The van der Waals surface area contributed by atoms with E-state index in [1.54, 1.807) is 0 Å². The molecule has 0 saturated heterocycles. The molecule has 106 valence electrons. The molecule has 1 unspecified atom stereocenters. The van der Waals surface area contributed by atoms with E-state index in [-0.39, 0.29) is 0 Å². The van der Waals surface area contributed by atoms with Gasteiger partial charge in [0.15, 0.2) is 0 Å². The second-order valence-corrected chi connectivity index (χ2v) is 6.54. The third kappa shape index (κ3) is 3.24. The molecule has 2 heteroatoms. The van der Waals surface area contributed by atoms with Gasteiger partial charge in [0.1, 0.15) is 0 Å². The van der Waals surface area contributed by atoms with Crippen LogP contribution in [0.2, 0.25) is 0 Å². The Morgan fingerprint density at radius 2 is 1.45 bits per heavy atom.